The predicted molar refractivity (Wildman–Crippen MR) is 73.5 cm³/mol. The molecule has 0 radical (unpaired) electrons. The molecule has 0 spiro atoms. The zero-order valence-electron chi connectivity index (χ0n) is 11.7. The molecule has 0 amide bonds. The maximum absolute atomic E-state index is 5.90. The highest BCUT2D eigenvalue weighted by molar-refractivity contribution is 5.40. The van der Waals surface area contributed by atoms with Gasteiger partial charge in [0.05, 0.1) is 6.10 Å². The van der Waals surface area contributed by atoms with Gasteiger partial charge in [-0.1, -0.05) is 25.1 Å². The summed E-state index contributed by atoms with van der Waals surface area (Å²) < 4.78 is 5.90. The second-order valence-electron chi connectivity index (χ2n) is 4.92. The van der Waals surface area contributed by atoms with E-state index in [2.05, 4.69) is 58.1 Å². The van der Waals surface area contributed by atoms with E-state index in [1.54, 1.807) is 0 Å². The van der Waals surface area contributed by atoms with Crippen LogP contribution in [0.4, 0.5) is 0 Å². The van der Waals surface area contributed by atoms with Crippen molar-refractivity contribution in [3.05, 3.63) is 29.3 Å². The van der Waals surface area contributed by atoms with Crippen LogP contribution >= 0.6 is 0 Å². The van der Waals surface area contributed by atoms with Crippen LogP contribution in [0.25, 0.3) is 0 Å². The molecule has 0 bridgehead atoms. The Labute approximate surface area is 105 Å². The first kappa shape index (κ1) is 14.0. The summed E-state index contributed by atoms with van der Waals surface area (Å²) >= 11 is 0. The number of aryl methyl sites for hydroxylation is 1. The highest BCUT2D eigenvalue weighted by atomic mass is 16.5. The third-order valence-corrected chi connectivity index (χ3v) is 2.90. The summed E-state index contributed by atoms with van der Waals surface area (Å²) in [5, 5.41) is 3.51. The van der Waals surface area contributed by atoms with E-state index in [1.807, 2.05) is 0 Å². The Balaban J connectivity index is 2.79. The van der Waals surface area contributed by atoms with Gasteiger partial charge in [-0.3, -0.25) is 0 Å². The van der Waals surface area contributed by atoms with E-state index in [0.29, 0.717) is 6.04 Å². The van der Waals surface area contributed by atoms with Crippen molar-refractivity contribution in [3.63, 3.8) is 0 Å². The molecule has 1 atom stereocenters. The van der Waals surface area contributed by atoms with Gasteiger partial charge in [-0.15, -0.1) is 0 Å². The van der Waals surface area contributed by atoms with Gasteiger partial charge in [-0.05, 0) is 39.7 Å². The standard InChI is InChI=1S/C15H25NO/c1-6-13(5)16-10-14-9-7-8-12(4)15(14)17-11(2)3/h7-9,11,13,16H,6,10H2,1-5H3. The molecule has 1 rings (SSSR count). The van der Waals surface area contributed by atoms with Crippen molar-refractivity contribution in [2.75, 3.05) is 0 Å². The van der Waals surface area contributed by atoms with Crippen LogP contribution < -0.4 is 10.1 Å². The van der Waals surface area contributed by atoms with Crippen molar-refractivity contribution in [3.8, 4) is 5.75 Å². The topological polar surface area (TPSA) is 21.3 Å². The average molecular weight is 235 g/mol. The van der Waals surface area contributed by atoms with Crippen LogP contribution in [0.1, 0.15) is 45.2 Å². The first-order valence-corrected chi connectivity index (χ1v) is 6.53. The summed E-state index contributed by atoms with van der Waals surface area (Å²) in [6, 6.07) is 6.88. The summed E-state index contributed by atoms with van der Waals surface area (Å²) in [6.45, 7) is 11.5. The quantitative estimate of drug-likeness (QED) is 0.812. The van der Waals surface area contributed by atoms with Crippen LogP contribution in [-0.4, -0.2) is 12.1 Å². The van der Waals surface area contributed by atoms with E-state index < -0.39 is 0 Å². The maximum atomic E-state index is 5.90. The third kappa shape index (κ3) is 4.39. The molecular weight excluding hydrogens is 210 g/mol. The van der Waals surface area contributed by atoms with E-state index >= 15 is 0 Å². The molecule has 1 aromatic carbocycles. The summed E-state index contributed by atoms with van der Waals surface area (Å²) in [5.41, 5.74) is 2.46. The maximum Gasteiger partial charge on any atom is 0.127 e. The Morgan fingerprint density at radius 3 is 2.53 bits per heavy atom. The monoisotopic (exact) mass is 235 g/mol. The molecule has 1 N–H and O–H groups in total. The van der Waals surface area contributed by atoms with Crippen molar-refractivity contribution in [1.82, 2.24) is 5.32 Å². The second-order valence-corrected chi connectivity index (χ2v) is 4.92. The van der Waals surface area contributed by atoms with Crippen LogP contribution in [0, 0.1) is 6.92 Å². The number of benzene rings is 1. The van der Waals surface area contributed by atoms with E-state index in [0.717, 1.165) is 18.7 Å². The lowest BCUT2D eigenvalue weighted by Gasteiger charge is -2.18. The van der Waals surface area contributed by atoms with Gasteiger partial charge in [-0.2, -0.15) is 0 Å². The zero-order chi connectivity index (χ0) is 12.8. The molecule has 2 nitrogen and oxygen atoms in total. The molecule has 0 saturated carbocycles. The number of para-hydroxylation sites is 1. The summed E-state index contributed by atoms with van der Waals surface area (Å²) in [4.78, 5) is 0. The minimum absolute atomic E-state index is 0.221. The van der Waals surface area contributed by atoms with Crippen molar-refractivity contribution in [1.29, 1.82) is 0 Å². The highest BCUT2D eigenvalue weighted by Gasteiger charge is 2.09. The fraction of sp³-hybridized carbons (Fsp3) is 0.600. The number of rotatable bonds is 6. The molecule has 1 unspecified atom stereocenters. The Bertz CT molecular complexity index is 347. The van der Waals surface area contributed by atoms with Crippen LogP contribution in [0.5, 0.6) is 5.75 Å². The average Bonchev–Trinajstić information content (AvgIpc) is 2.29. The fourth-order valence-corrected chi connectivity index (χ4v) is 1.69. The molecule has 0 aromatic heterocycles. The van der Waals surface area contributed by atoms with Gasteiger partial charge in [0, 0.05) is 18.2 Å². The van der Waals surface area contributed by atoms with Gasteiger partial charge >= 0.3 is 0 Å². The first-order valence-electron chi connectivity index (χ1n) is 6.53. The molecule has 0 aliphatic carbocycles. The predicted octanol–water partition coefficient (Wildman–Crippen LogP) is 3.67. The molecule has 1 aromatic rings. The van der Waals surface area contributed by atoms with E-state index in [-0.39, 0.29) is 6.10 Å². The molecule has 0 aliphatic rings. The van der Waals surface area contributed by atoms with Gasteiger partial charge in [0.25, 0.3) is 0 Å². The number of hydrogen-bond acceptors (Lipinski definition) is 2. The van der Waals surface area contributed by atoms with Crippen molar-refractivity contribution < 1.29 is 4.74 Å². The fourth-order valence-electron chi connectivity index (χ4n) is 1.69. The third-order valence-electron chi connectivity index (χ3n) is 2.90. The summed E-state index contributed by atoms with van der Waals surface area (Å²) in [7, 11) is 0. The second kappa shape index (κ2) is 6.65. The Morgan fingerprint density at radius 2 is 1.94 bits per heavy atom. The van der Waals surface area contributed by atoms with E-state index in [1.165, 1.54) is 11.1 Å². The molecular formula is C15H25NO. The SMILES string of the molecule is CCC(C)NCc1cccc(C)c1OC(C)C. The highest BCUT2D eigenvalue weighted by Crippen LogP contribution is 2.24. The van der Waals surface area contributed by atoms with Crippen molar-refractivity contribution in [2.45, 2.75) is 59.7 Å². The lowest BCUT2D eigenvalue weighted by molar-refractivity contribution is 0.237. The molecule has 17 heavy (non-hydrogen) atoms. The van der Waals surface area contributed by atoms with E-state index in [9.17, 15) is 0 Å². The molecule has 2 heteroatoms. The lowest BCUT2D eigenvalue weighted by atomic mass is 10.1. The minimum Gasteiger partial charge on any atom is -0.490 e. The molecule has 0 saturated heterocycles. The summed E-state index contributed by atoms with van der Waals surface area (Å²) in [5.74, 6) is 1.04. The smallest absolute Gasteiger partial charge is 0.127 e. The van der Waals surface area contributed by atoms with Crippen LogP contribution in [0.3, 0.4) is 0 Å². The molecule has 96 valence electrons. The summed E-state index contributed by atoms with van der Waals surface area (Å²) in [6.07, 6.45) is 1.37. The Morgan fingerprint density at radius 1 is 1.24 bits per heavy atom. The van der Waals surface area contributed by atoms with Gasteiger partial charge in [0.15, 0.2) is 0 Å². The van der Waals surface area contributed by atoms with Gasteiger partial charge in [0.2, 0.25) is 0 Å². The number of nitrogens with one attached hydrogen (secondary N) is 1. The minimum atomic E-state index is 0.221. The van der Waals surface area contributed by atoms with Gasteiger partial charge in [0.1, 0.15) is 5.75 Å². The van der Waals surface area contributed by atoms with Crippen LogP contribution in [0.15, 0.2) is 18.2 Å². The molecule has 0 fully saturated rings. The van der Waals surface area contributed by atoms with E-state index in [4.69, 9.17) is 4.74 Å². The van der Waals surface area contributed by atoms with Gasteiger partial charge < -0.3 is 10.1 Å². The van der Waals surface area contributed by atoms with Crippen LogP contribution in [0.2, 0.25) is 0 Å². The first-order chi connectivity index (χ1) is 8.04. The van der Waals surface area contributed by atoms with Crippen LogP contribution in [-0.2, 0) is 6.54 Å². The number of hydrogen-bond donors (Lipinski definition) is 1. The van der Waals surface area contributed by atoms with Gasteiger partial charge in [-0.25, -0.2) is 0 Å². The van der Waals surface area contributed by atoms with Crippen molar-refractivity contribution >= 4 is 0 Å². The zero-order valence-corrected chi connectivity index (χ0v) is 11.7. The molecule has 0 heterocycles. The Hall–Kier alpha value is -1.02. The number of ether oxygens (including phenoxy) is 1. The van der Waals surface area contributed by atoms with Crippen molar-refractivity contribution in [2.24, 2.45) is 0 Å². The lowest BCUT2D eigenvalue weighted by Crippen LogP contribution is -2.25. The molecule has 0 aliphatic heterocycles. The Kier molecular flexibility index (Phi) is 5.49. The normalized spacial score (nSPS) is 12.8. The largest absolute Gasteiger partial charge is 0.490 e.